The summed E-state index contributed by atoms with van der Waals surface area (Å²) in [7, 11) is 3.82. The summed E-state index contributed by atoms with van der Waals surface area (Å²) >= 11 is 3.40. The van der Waals surface area contributed by atoms with Crippen LogP contribution in [0.25, 0.3) is 10.9 Å². The molecule has 0 bridgehead atoms. The number of aromatic amines is 1. The van der Waals surface area contributed by atoms with Crippen LogP contribution in [0.5, 0.6) is 0 Å². The van der Waals surface area contributed by atoms with E-state index in [0.717, 1.165) is 15.7 Å². The molecule has 3 rings (SSSR count). The van der Waals surface area contributed by atoms with E-state index in [9.17, 15) is 9.59 Å². The third-order valence-corrected chi connectivity index (χ3v) is 4.20. The number of nitrogens with one attached hydrogen (secondary N) is 1. The van der Waals surface area contributed by atoms with Crippen LogP contribution in [-0.4, -0.2) is 23.6 Å². The van der Waals surface area contributed by atoms with Crippen LogP contribution < -0.4 is 16.1 Å². The van der Waals surface area contributed by atoms with Crippen molar-refractivity contribution >= 4 is 32.5 Å². The van der Waals surface area contributed by atoms with Crippen LogP contribution >= 0.6 is 15.9 Å². The molecule has 0 saturated carbocycles. The Morgan fingerprint density at radius 3 is 2.44 bits per heavy atom. The van der Waals surface area contributed by atoms with Crippen LogP contribution in [0.3, 0.4) is 0 Å². The average Bonchev–Trinajstić information content (AvgIpc) is 2.60. The molecule has 0 unspecified atom stereocenters. The highest BCUT2D eigenvalue weighted by atomic mass is 79.9. The van der Waals surface area contributed by atoms with Crippen LogP contribution in [0.4, 0.5) is 5.69 Å². The molecule has 0 aliphatic heterocycles. The SMILES string of the molecule is CC.CN(C)c1ccc2[nH]c(=O)n(Cc3cccc(Br)c3)c(=O)c2c1. The Bertz CT molecular complexity index is 990. The van der Waals surface area contributed by atoms with E-state index in [2.05, 4.69) is 20.9 Å². The summed E-state index contributed by atoms with van der Waals surface area (Å²) in [5.41, 5.74) is 1.66. The highest BCUT2D eigenvalue weighted by Gasteiger charge is 2.09. The molecular formula is C19H22BrN3O2. The summed E-state index contributed by atoms with van der Waals surface area (Å²) in [5, 5.41) is 0.505. The predicted molar refractivity (Wildman–Crippen MR) is 108 cm³/mol. The lowest BCUT2D eigenvalue weighted by Gasteiger charge is -2.13. The molecule has 0 aliphatic rings. The largest absolute Gasteiger partial charge is 0.378 e. The Morgan fingerprint density at radius 2 is 1.80 bits per heavy atom. The number of nitrogens with zero attached hydrogens (tertiary/aromatic N) is 2. The third kappa shape index (κ3) is 4.20. The molecule has 1 heterocycles. The number of halogens is 1. The monoisotopic (exact) mass is 403 g/mol. The molecule has 5 nitrogen and oxygen atoms in total. The first-order valence-corrected chi connectivity index (χ1v) is 8.93. The molecule has 0 fully saturated rings. The van der Waals surface area contributed by atoms with Gasteiger partial charge in [0.2, 0.25) is 0 Å². The van der Waals surface area contributed by atoms with Crippen LogP contribution in [0.1, 0.15) is 19.4 Å². The predicted octanol–water partition coefficient (Wildman–Crippen LogP) is 3.59. The number of benzene rings is 2. The van der Waals surface area contributed by atoms with Crippen LogP contribution in [-0.2, 0) is 6.54 Å². The van der Waals surface area contributed by atoms with Crippen LogP contribution in [0.2, 0.25) is 0 Å². The van der Waals surface area contributed by atoms with Gasteiger partial charge in [0.25, 0.3) is 5.56 Å². The molecule has 0 spiro atoms. The highest BCUT2D eigenvalue weighted by molar-refractivity contribution is 9.10. The number of anilines is 1. The van der Waals surface area contributed by atoms with E-state index >= 15 is 0 Å². The number of aromatic nitrogens is 2. The minimum absolute atomic E-state index is 0.232. The van der Waals surface area contributed by atoms with Gasteiger partial charge in [-0.25, -0.2) is 4.79 Å². The fourth-order valence-corrected chi connectivity index (χ4v) is 2.92. The summed E-state index contributed by atoms with van der Waals surface area (Å²) in [6, 6.07) is 13.0. The molecule has 0 radical (unpaired) electrons. The molecule has 2 aromatic carbocycles. The van der Waals surface area contributed by atoms with Crippen LogP contribution in [0, 0.1) is 0 Å². The zero-order valence-corrected chi connectivity index (χ0v) is 16.4. The lowest BCUT2D eigenvalue weighted by molar-refractivity contribution is 0.711. The van der Waals surface area contributed by atoms with E-state index in [4.69, 9.17) is 0 Å². The lowest BCUT2D eigenvalue weighted by Crippen LogP contribution is -2.35. The van der Waals surface area contributed by atoms with Crippen molar-refractivity contribution in [1.82, 2.24) is 9.55 Å². The van der Waals surface area contributed by atoms with E-state index < -0.39 is 5.69 Å². The smallest absolute Gasteiger partial charge is 0.329 e. The minimum Gasteiger partial charge on any atom is -0.378 e. The number of hydrogen-bond donors (Lipinski definition) is 1. The Kier molecular flexibility index (Phi) is 6.20. The fourth-order valence-electron chi connectivity index (χ4n) is 2.48. The van der Waals surface area contributed by atoms with Gasteiger partial charge in [0.1, 0.15) is 0 Å². The molecule has 0 atom stereocenters. The van der Waals surface area contributed by atoms with E-state index in [-0.39, 0.29) is 12.1 Å². The molecule has 0 saturated heterocycles. The maximum Gasteiger partial charge on any atom is 0.329 e. The zero-order chi connectivity index (χ0) is 18.6. The second-order valence-corrected chi connectivity index (χ2v) is 6.49. The Morgan fingerprint density at radius 1 is 1.08 bits per heavy atom. The quantitative estimate of drug-likeness (QED) is 0.726. The second-order valence-electron chi connectivity index (χ2n) is 5.58. The van der Waals surface area contributed by atoms with Crippen molar-refractivity contribution in [2.75, 3.05) is 19.0 Å². The number of hydrogen-bond acceptors (Lipinski definition) is 3. The Balaban J connectivity index is 0.00000109. The van der Waals surface area contributed by atoms with Gasteiger partial charge in [-0.1, -0.05) is 41.9 Å². The first-order chi connectivity index (χ1) is 12.0. The average molecular weight is 404 g/mol. The summed E-state index contributed by atoms with van der Waals surface area (Å²) < 4.78 is 2.14. The summed E-state index contributed by atoms with van der Waals surface area (Å²) in [5.74, 6) is 0. The second kappa shape index (κ2) is 8.16. The first-order valence-electron chi connectivity index (χ1n) is 8.14. The molecule has 132 valence electrons. The van der Waals surface area contributed by atoms with Gasteiger partial charge >= 0.3 is 5.69 Å². The number of rotatable bonds is 3. The van der Waals surface area contributed by atoms with E-state index in [0.29, 0.717) is 10.9 Å². The molecule has 0 aliphatic carbocycles. The molecule has 6 heteroatoms. The molecule has 25 heavy (non-hydrogen) atoms. The van der Waals surface area contributed by atoms with Gasteiger partial charge in [0.15, 0.2) is 0 Å². The van der Waals surface area contributed by atoms with Gasteiger partial charge in [-0.3, -0.25) is 9.36 Å². The molecule has 1 aromatic heterocycles. The summed E-state index contributed by atoms with van der Waals surface area (Å²) in [6.45, 7) is 4.23. The van der Waals surface area contributed by atoms with Crippen molar-refractivity contribution in [1.29, 1.82) is 0 Å². The Labute approximate surface area is 155 Å². The fraction of sp³-hybridized carbons (Fsp3) is 0.263. The number of fused-ring (bicyclic) bond motifs is 1. The van der Waals surface area contributed by atoms with Crippen molar-refractivity contribution < 1.29 is 0 Å². The Hall–Kier alpha value is -2.34. The lowest BCUT2D eigenvalue weighted by atomic mass is 10.2. The van der Waals surface area contributed by atoms with Gasteiger partial charge in [0.05, 0.1) is 17.4 Å². The van der Waals surface area contributed by atoms with Crippen LogP contribution in [0.15, 0.2) is 56.5 Å². The molecule has 0 amide bonds. The molecular weight excluding hydrogens is 382 g/mol. The normalized spacial score (nSPS) is 10.3. The first kappa shape index (κ1) is 19.0. The topological polar surface area (TPSA) is 58.1 Å². The zero-order valence-electron chi connectivity index (χ0n) is 14.8. The van der Waals surface area contributed by atoms with E-state index in [1.54, 1.807) is 12.1 Å². The summed E-state index contributed by atoms with van der Waals surface area (Å²) in [6.07, 6.45) is 0. The van der Waals surface area contributed by atoms with Gasteiger partial charge in [-0.15, -0.1) is 0 Å². The van der Waals surface area contributed by atoms with E-state index in [1.807, 2.05) is 63.2 Å². The van der Waals surface area contributed by atoms with Gasteiger partial charge in [-0.05, 0) is 35.9 Å². The molecule has 1 N–H and O–H groups in total. The summed E-state index contributed by atoms with van der Waals surface area (Å²) in [4.78, 5) is 29.7. The van der Waals surface area contributed by atoms with Crippen molar-refractivity contribution in [3.05, 3.63) is 73.3 Å². The van der Waals surface area contributed by atoms with Crippen molar-refractivity contribution in [3.8, 4) is 0 Å². The maximum atomic E-state index is 12.7. The van der Waals surface area contributed by atoms with Crippen molar-refractivity contribution in [2.45, 2.75) is 20.4 Å². The molecule has 3 aromatic rings. The third-order valence-electron chi connectivity index (χ3n) is 3.71. The van der Waals surface area contributed by atoms with Gasteiger partial charge < -0.3 is 9.88 Å². The van der Waals surface area contributed by atoms with E-state index in [1.165, 1.54) is 4.57 Å². The minimum atomic E-state index is -0.403. The maximum absolute atomic E-state index is 12.7. The van der Waals surface area contributed by atoms with Gasteiger partial charge in [-0.2, -0.15) is 0 Å². The van der Waals surface area contributed by atoms with Crippen molar-refractivity contribution in [2.24, 2.45) is 0 Å². The highest BCUT2D eigenvalue weighted by Crippen LogP contribution is 2.16. The van der Waals surface area contributed by atoms with Gasteiger partial charge in [0, 0.05) is 24.3 Å². The number of H-pyrrole nitrogens is 1. The standard InChI is InChI=1S/C17H16BrN3O2.C2H6/c1-20(2)13-6-7-15-14(9-13)16(22)21(17(23)19-15)10-11-4-3-5-12(18)8-11;1-2/h3-9H,10H2,1-2H3,(H,19,23);1-2H3. The van der Waals surface area contributed by atoms with Crippen molar-refractivity contribution in [3.63, 3.8) is 0 Å².